The van der Waals surface area contributed by atoms with E-state index >= 15 is 0 Å². The molecule has 0 radical (unpaired) electrons. The Balaban J connectivity index is 0.00000320. The molecule has 162 valence electrons. The maximum absolute atomic E-state index is 13.0. The summed E-state index contributed by atoms with van der Waals surface area (Å²) in [4.78, 5) is 11.9. The van der Waals surface area contributed by atoms with Crippen LogP contribution in [0.15, 0.2) is 45.3 Å². The van der Waals surface area contributed by atoms with Crippen molar-refractivity contribution in [2.45, 2.75) is 19.1 Å². The number of oxazole rings is 1. The third-order valence-electron chi connectivity index (χ3n) is 3.79. The fraction of sp³-hybridized carbons (Fsp3) is 0.278. The molecule has 2 heterocycles. The van der Waals surface area contributed by atoms with E-state index in [-0.39, 0.29) is 36.3 Å². The molecule has 12 heteroatoms. The zero-order valence-electron chi connectivity index (χ0n) is 15.7. The van der Waals surface area contributed by atoms with Crippen LogP contribution in [0, 0.1) is 5.82 Å². The lowest BCUT2D eigenvalue weighted by Gasteiger charge is -2.10. The highest BCUT2D eigenvalue weighted by Gasteiger charge is 2.33. The van der Waals surface area contributed by atoms with Gasteiger partial charge in [-0.05, 0) is 24.3 Å². The highest BCUT2D eigenvalue weighted by atomic mass is 127. The summed E-state index contributed by atoms with van der Waals surface area (Å²) in [5.41, 5.74) is 0.469. The van der Waals surface area contributed by atoms with E-state index in [4.69, 9.17) is 4.42 Å². The van der Waals surface area contributed by atoms with Crippen LogP contribution in [-0.2, 0) is 19.1 Å². The van der Waals surface area contributed by atoms with Gasteiger partial charge < -0.3 is 15.1 Å². The Hall–Kier alpha value is -2.22. The van der Waals surface area contributed by atoms with Gasteiger partial charge in [0.05, 0.1) is 12.2 Å². The summed E-state index contributed by atoms with van der Waals surface area (Å²) in [6.45, 7) is 0.597. The van der Waals surface area contributed by atoms with Gasteiger partial charge in [-0.15, -0.1) is 35.3 Å². The minimum absolute atomic E-state index is 0. The van der Waals surface area contributed by atoms with Crippen LogP contribution >= 0.6 is 35.3 Å². The molecule has 0 saturated heterocycles. The molecule has 2 aromatic heterocycles. The predicted molar refractivity (Wildman–Crippen MR) is 116 cm³/mol. The topological polar surface area (TPSA) is 75.3 Å². The summed E-state index contributed by atoms with van der Waals surface area (Å²) in [7, 11) is 1.56. The molecule has 0 saturated carbocycles. The third-order valence-corrected chi connectivity index (χ3v) is 4.64. The van der Waals surface area contributed by atoms with E-state index in [9.17, 15) is 17.6 Å². The number of nitrogens with one attached hydrogen (secondary N) is 2. The van der Waals surface area contributed by atoms with Gasteiger partial charge in [0.2, 0.25) is 5.89 Å². The molecule has 3 rings (SSSR count). The van der Waals surface area contributed by atoms with Gasteiger partial charge in [0.15, 0.2) is 11.7 Å². The number of hydrogen-bond acceptors (Lipinski definition) is 5. The fourth-order valence-electron chi connectivity index (χ4n) is 2.36. The number of rotatable bonds is 6. The first-order valence-electron chi connectivity index (χ1n) is 8.51. The van der Waals surface area contributed by atoms with E-state index in [0.717, 1.165) is 16.7 Å². The molecule has 0 spiro atoms. The molecule has 0 unspecified atom stereocenters. The molecule has 0 fully saturated rings. The monoisotopic (exact) mass is 555 g/mol. The molecule has 30 heavy (non-hydrogen) atoms. The van der Waals surface area contributed by atoms with Crippen molar-refractivity contribution in [1.82, 2.24) is 20.6 Å². The van der Waals surface area contributed by atoms with Gasteiger partial charge in [-0.1, -0.05) is 0 Å². The van der Waals surface area contributed by atoms with E-state index in [1.54, 1.807) is 19.2 Å². The zero-order valence-corrected chi connectivity index (χ0v) is 18.8. The Labute approximate surface area is 190 Å². The average molecular weight is 555 g/mol. The van der Waals surface area contributed by atoms with E-state index in [0.29, 0.717) is 41.1 Å². The van der Waals surface area contributed by atoms with Crippen molar-refractivity contribution >= 4 is 41.3 Å². The lowest BCUT2D eigenvalue weighted by Crippen LogP contribution is -2.37. The van der Waals surface area contributed by atoms with Gasteiger partial charge in [0.25, 0.3) is 0 Å². The lowest BCUT2D eigenvalue weighted by atomic mass is 10.2. The molecule has 0 aliphatic heterocycles. The van der Waals surface area contributed by atoms with Gasteiger partial charge >= 0.3 is 6.18 Å². The largest absolute Gasteiger partial charge is 0.444 e. The Morgan fingerprint density at radius 1 is 1.17 bits per heavy atom. The van der Waals surface area contributed by atoms with Crippen LogP contribution in [0.5, 0.6) is 0 Å². The normalized spacial score (nSPS) is 11.8. The Kier molecular flexibility index (Phi) is 8.58. The van der Waals surface area contributed by atoms with Crippen LogP contribution in [0.4, 0.5) is 17.6 Å². The summed E-state index contributed by atoms with van der Waals surface area (Å²) >= 11 is 0.929. The van der Waals surface area contributed by atoms with E-state index < -0.39 is 11.9 Å². The van der Waals surface area contributed by atoms with Gasteiger partial charge in [0, 0.05) is 31.0 Å². The molecule has 0 aliphatic carbocycles. The number of aromatic nitrogens is 2. The van der Waals surface area contributed by atoms with E-state index in [1.165, 1.54) is 18.4 Å². The van der Waals surface area contributed by atoms with Crippen molar-refractivity contribution in [2.24, 2.45) is 4.99 Å². The quantitative estimate of drug-likeness (QED) is 0.203. The highest BCUT2D eigenvalue weighted by Crippen LogP contribution is 2.29. The van der Waals surface area contributed by atoms with Crippen LogP contribution in [0.1, 0.15) is 16.4 Å². The molecule has 6 nitrogen and oxygen atoms in total. The molecule has 3 aromatic rings. The van der Waals surface area contributed by atoms with Crippen molar-refractivity contribution in [3.63, 3.8) is 0 Å². The smallest absolute Gasteiger partial charge is 0.434 e. The van der Waals surface area contributed by atoms with Gasteiger partial charge in [0.1, 0.15) is 17.1 Å². The van der Waals surface area contributed by atoms with E-state index in [2.05, 4.69) is 25.6 Å². The summed E-state index contributed by atoms with van der Waals surface area (Å²) in [6, 6.07) is 5.82. The van der Waals surface area contributed by atoms with Crippen molar-refractivity contribution in [2.75, 3.05) is 13.6 Å². The zero-order chi connectivity index (χ0) is 20.9. The Bertz CT molecular complexity index is 972. The maximum atomic E-state index is 13.0. The molecule has 0 amide bonds. The van der Waals surface area contributed by atoms with Crippen LogP contribution in [0.3, 0.4) is 0 Å². The number of alkyl halides is 3. The van der Waals surface area contributed by atoms with Gasteiger partial charge in [-0.3, -0.25) is 4.99 Å². The number of hydrogen-bond donors (Lipinski definition) is 2. The lowest BCUT2D eigenvalue weighted by molar-refractivity contribution is -0.140. The first kappa shape index (κ1) is 24.1. The second-order valence-electron chi connectivity index (χ2n) is 5.88. The van der Waals surface area contributed by atoms with E-state index in [1.807, 2.05) is 0 Å². The number of benzene rings is 1. The van der Waals surface area contributed by atoms with Crippen LogP contribution in [-0.4, -0.2) is 29.5 Å². The summed E-state index contributed by atoms with van der Waals surface area (Å²) in [5.74, 6) is 0.485. The van der Waals surface area contributed by atoms with Crippen molar-refractivity contribution in [1.29, 1.82) is 0 Å². The van der Waals surface area contributed by atoms with Crippen LogP contribution in [0.25, 0.3) is 11.5 Å². The number of halogens is 5. The minimum Gasteiger partial charge on any atom is -0.444 e. The standard InChI is InChI=1S/C18H17F4N5OS.HI/c1-23-17(25-8-15-27-14(10-29-15)18(20,21)22)24-7-6-13-9-28-16(26-13)11-2-4-12(19)5-3-11;/h2-5,9-10H,6-8H2,1H3,(H2,23,24,25);1H. The summed E-state index contributed by atoms with van der Waals surface area (Å²) < 4.78 is 56.1. The molecule has 0 aliphatic rings. The molecule has 2 N–H and O–H groups in total. The van der Waals surface area contributed by atoms with Crippen LogP contribution < -0.4 is 10.6 Å². The molecular weight excluding hydrogens is 537 g/mol. The summed E-state index contributed by atoms with van der Waals surface area (Å²) in [6.07, 6.45) is -2.40. The second kappa shape index (κ2) is 10.7. The number of thiazole rings is 1. The second-order valence-corrected chi connectivity index (χ2v) is 6.82. The van der Waals surface area contributed by atoms with Crippen molar-refractivity contribution in [3.05, 3.63) is 58.1 Å². The SMILES string of the molecule is CN=C(NCCc1coc(-c2ccc(F)cc2)n1)NCc1nc(C(F)(F)F)cs1.I. The molecule has 1 aromatic carbocycles. The first-order valence-corrected chi connectivity index (χ1v) is 9.39. The number of aliphatic imine (C=N–C) groups is 1. The molecule has 0 bridgehead atoms. The average Bonchev–Trinajstić information content (AvgIpc) is 3.34. The van der Waals surface area contributed by atoms with Crippen molar-refractivity contribution in [3.8, 4) is 11.5 Å². The van der Waals surface area contributed by atoms with Crippen LogP contribution in [0.2, 0.25) is 0 Å². The maximum Gasteiger partial charge on any atom is 0.434 e. The minimum atomic E-state index is -4.45. The number of guanidine groups is 1. The van der Waals surface area contributed by atoms with Gasteiger partial charge in [-0.25, -0.2) is 14.4 Å². The molecular formula is C18H18F4IN5OS. The highest BCUT2D eigenvalue weighted by molar-refractivity contribution is 14.0. The fourth-order valence-corrected chi connectivity index (χ4v) is 3.10. The third kappa shape index (κ3) is 6.65. The summed E-state index contributed by atoms with van der Waals surface area (Å²) in [5, 5.41) is 7.25. The first-order chi connectivity index (χ1) is 13.8. The van der Waals surface area contributed by atoms with Gasteiger partial charge in [-0.2, -0.15) is 13.2 Å². The Morgan fingerprint density at radius 2 is 1.90 bits per heavy atom. The number of nitrogens with zero attached hydrogens (tertiary/aromatic N) is 3. The van der Waals surface area contributed by atoms with Crippen molar-refractivity contribution < 1.29 is 22.0 Å². The predicted octanol–water partition coefficient (Wildman–Crippen LogP) is 4.48. The molecule has 0 atom stereocenters. The Morgan fingerprint density at radius 3 is 2.53 bits per heavy atom.